The van der Waals surface area contributed by atoms with Crippen LogP contribution in [-0.2, 0) is 14.6 Å². The van der Waals surface area contributed by atoms with Gasteiger partial charge in [0.1, 0.15) is 5.69 Å². The number of para-hydroxylation sites is 2. The lowest BCUT2D eigenvalue weighted by Crippen LogP contribution is -2.25. The van der Waals surface area contributed by atoms with Gasteiger partial charge in [-0.25, -0.2) is 5.43 Å². The lowest BCUT2D eigenvalue weighted by atomic mass is 10.3. The normalized spacial score (nSPS) is 10.3. The monoisotopic (exact) mass is 309 g/mol. The van der Waals surface area contributed by atoms with E-state index in [4.69, 9.17) is 9.66 Å². The van der Waals surface area contributed by atoms with Crippen LogP contribution in [0.5, 0.6) is 0 Å². The minimum Gasteiger partial charge on any atom is -0.395 e. The van der Waals surface area contributed by atoms with Crippen molar-refractivity contribution in [2.45, 2.75) is 0 Å². The molecule has 1 aromatic rings. The standard InChI is InChI=1S/C8H11N3O3.CH4O4S/c12-6-5-9-10-7-3-1-2-4-8(7)11(13)14;1-5-6(2,3)4/h1-4,9-10,12H,5-6H2;1H3,(H,2,3,4). The van der Waals surface area contributed by atoms with Crippen molar-refractivity contribution in [3.63, 3.8) is 0 Å². The summed E-state index contributed by atoms with van der Waals surface area (Å²) in [5.41, 5.74) is 5.66. The number of hydrogen-bond donors (Lipinski definition) is 4. The smallest absolute Gasteiger partial charge is 0.395 e. The van der Waals surface area contributed by atoms with E-state index in [-0.39, 0.29) is 12.3 Å². The molecular weight excluding hydrogens is 294 g/mol. The van der Waals surface area contributed by atoms with Crippen molar-refractivity contribution >= 4 is 21.8 Å². The SMILES string of the molecule is COS(=O)(=O)O.O=[N+]([O-])c1ccccc1NNCCO. The number of anilines is 1. The van der Waals surface area contributed by atoms with Gasteiger partial charge >= 0.3 is 10.4 Å². The maximum atomic E-state index is 10.5. The van der Waals surface area contributed by atoms with Crippen LogP contribution in [-0.4, -0.2) is 43.3 Å². The third-order valence-electron chi connectivity index (χ3n) is 1.77. The fourth-order valence-electron chi connectivity index (χ4n) is 0.952. The van der Waals surface area contributed by atoms with Gasteiger partial charge in [-0.15, -0.1) is 0 Å². The first-order chi connectivity index (χ1) is 9.31. The summed E-state index contributed by atoms with van der Waals surface area (Å²) in [6.07, 6.45) is 0. The van der Waals surface area contributed by atoms with Gasteiger partial charge in [0.25, 0.3) is 5.69 Å². The Morgan fingerprint density at radius 1 is 1.40 bits per heavy atom. The summed E-state index contributed by atoms with van der Waals surface area (Å²) in [6.45, 7) is 0.291. The number of nitrogens with one attached hydrogen (secondary N) is 2. The number of nitro benzene ring substituents is 1. The minimum absolute atomic E-state index is 0.00191. The predicted octanol–water partition coefficient (Wildman–Crippen LogP) is -0.0608. The third kappa shape index (κ3) is 8.34. The van der Waals surface area contributed by atoms with Crippen molar-refractivity contribution in [1.82, 2.24) is 5.43 Å². The van der Waals surface area contributed by atoms with E-state index in [0.29, 0.717) is 12.2 Å². The molecule has 0 aliphatic heterocycles. The summed E-state index contributed by atoms with van der Waals surface area (Å²) in [4.78, 5) is 10.1. The zero-order valence-corrected chi connectivity index (χ0v) is 11.3. The molecule has 0 spiro atoms. The Kier molecular flexibility index (Phi) is 8.35. The molecule has 0 aliphatic rings. The van der Waals surface area contributed by atoms with Gasteiger partial charge in [-0.3, -0.25) is 18.9 Å². The summed E-state index contributed by atoms with van der Waals surface area (Å²) in [5.74, 6) is 0. The van der Waals surface area contributed by atoms with Gasteiger partial charge in [0.05, 0.1) is 18.6 Å². The average Bonchev–Trinajstić information content (AvgIpc) is 2.39. The van der Waals surface area contributed by atoms with Gasteiger partial charge in [0.2, 0.25) is 0 Å². The lowest BCUT2D eigenvalue weighted by molar-refractivity contribution is -0.384. The van der Waals surface area contributed by atoms with Gasteiger partial charge in [0, 0.05) is 12.6 Å². The summed E-state index contributed by atoms with van der Waals surface area (Å²) in [5, 5.41) is 19.0. The number of nitro groups is 1. The van der Waals surface area contributed by atoms with E-state index >= 15 is 0 Å². The summed E-state index contributed by atoms with van der Waals surface area (Å²) in [6, 6.07) is 6.27. The highest BCUT2D eigenvalue weighted by Crippen LogP contribution is 2.21. The fraction of sp³-hybridized carbons (Fsp3) is 0.333. The zero-order valence-electron chi connectivity index (χ0n) is 10.5. The van der Waals surface area contributed by atoms with E-state index in [1.807, 2.05) is 0 Å². The molecule has 11 heteroatoms. The lowest BCUT2D eigenvalue weighted by Gasteiger charge is -2.06. The molecule has 20 heavy (non-hydrogen) atoms. The number of aliphatic hydroxyl groups excluding tert-OH is 1. The molecule has 114 valence electrons. The largest absolute Gasteiger partial charge is 0.397 e. The molecule has 10 nitrogen and oxygen atoms in total. The Hall–Kier alpha value is -1.79. The molecule has 0 amide bonds. The zero-order chi connectivity index (χ0) is 15.6. The topological polar surface area (TPSA) is 151 Å². The number of nitrogens with zero attached hydrogens (tertiary/aromatic N) is 1. The second kappa shape index (κ2) is 9.17. The van der Waals surface area contributed by atoms with Crippen LogP contribution in [0, 0.1) is 10.1 Å². The van der Waals surface area contributed by atoms with Crippen LogP contribution in [0.3, 0.4) is 0 Å². The molecule has 0 heterocycles. The van der Waals surface area contributed by atoms with E-state index in [9.17, 15) is 18.5 Å². The Bertz CT molecular complexity index is 520. The number of hydrogen-bond acceptors (Lipinski definition) is 8. The molecule has 0 bridgehead atoms. The van der Waals surface area contributed by atoms with Crippen LogP contribution in [0.4, 0.5) is 11.4 Å². The first kappa shape index (κ1) is 18.2. The van der Waals surface area contributed by atoms with Gasteiger partial charge in [-0.1, -0.05) is 12.1 Å². The van der Waals surface area contributed by atoms with Crippen LogP contribution in [0.2, 0.25) is 0 Å². The maximum absolute atomic E-state index is 10.5. The molecule has 0 saturated heterocycles. The summed E-state index contributed by atoms with van der Waals surface area (Å²) < 4.78 is 29.7. The van der Waals surface area contributed by atoms with Crippen LogP contribution >= 0.6 is 0 Å². The summed E-state index contributed by atoms with van der Waals surface area (Å²) in [7, 11) is -3.29. The third-order valence-corrected chi connectivity index (χ3v) is 2.19. The number of benzene rings is 1. The minimum atomic E-state index is -4.16. The van der Waals surface area contributed by atoms with Crippen LogP contribution < -0.4 is 10.9 Å². The van der Waals surface area contributed by atoms with E-state index in [0.717, 1.165) is 7.11 Å². The van der Waals surface area contributed by atoms with Gasteiger partial charge in [0.15, 0.2) is 0 Å². The Labute approximate surface area is 115 Å². The maximum Gasteiger partial charge on any atom is 0.397 e. The number of rotatable bonds is 6. The predicted molar refractivity (Wildman–Crippen MR) is 70.4 cm³/mol. The molecule has 0 unspecified atom stereocenters. The molecule has 1 aromatic carbocycles. The number of aliphatic hydroxyl groups is 1. The van der Waals surface area contributed by atoms with E-state index in [2.05, 4.69) is 15.0 Å². The molecule has 0 radical (unpaired) electrons. The average molecular weight is 309 g/mol. The molecule has 0 atom stereocenters. The molecule has 0 aliphatic carbocycles. The molecule has 0 aromatic heterocycles. The first-order valence-electron chi connectivity index (χ1n) is 5.18. The van der Waals surface area contributed by atoms with Gasteiger partial charge < -0.3 is 10.5 Å². The molecule has 1 rings (SSSR count). The van der Waals surface area contributed by atoms with Crippen LogP contribution in [0.25, 0.3) is 0 Å². The molecule has 4 N–H and O–H groups in total. The highest BCUT2D eigenvalue weighted by Gasteiger charge is 2.10. The van der Waals surface area contributed by atoms with Crippen molar-refractivity contribution in [3.05, 3.63) is 34.4 Å². The highest BCUT2D eigenvalue weighted by atomic mass is 32.3. The van der Waals surface area contributed by atoms with Gasteiger partial charge in [-0.2, -0.15) is 8.42 Å². The first-order valence-corrected chi connectivity index (χ1v) is 6.54. The van der Waals surface area contributed by atoms with Gasteiger partial charge in [-0.05, 0) is 6.07 Å². The molecular formula is C9H15N3O7S. The highest BCUT2D eigenvalue weighted by molar-refractivity contribution is 7.80. The van der Waals surface area contributed by atoms with E-state index in [1.165, 1.54) is 6.07 Å². The molecule has 0 fully saturated rings. The van der Waals surface area contributed by atoms with Crippen molar-refractivity contribution in [1.29, 1.82) is 0 Å². The van der Waals surface area contributed by atoms with Crippen molar-refractivity contribution < 1.29 is 27.2 Å². The Balaban J connectivity index is 0.000000511. The van der Waals surface area contributed by atoms with Crippen molar-refractivity contribution in [2.24, 2.45) is 0 Å². The van der Waals surface area contributed by atoms with Crippen molar-refractivity contribution in [3.8, 4) is 0 Å². The van der Waals surface area contributed by atoms with Crippen molar-refractivity contribution in [2.75, 3.05) is 25.7 Å². The Morgan fingerprint density at radius 3 is 2.40 bits per heavy atom. The number of hydrazine groups is 1. The summed E-state index contributed by atoms with van der Waals surface area (Å²) >= 11 is 0. The van der Waals surface area contributed by atoms with E-state index in [1.54, 1.807) is 18.2 Å². The van der Waals surface area contributed by atoms with Crippen LogP contribution in [0.1, 0.15) is 0 Å². The molecule has 0 saturated carbocycles. The fourth-order valence-corrected chi connectivity index (χ4v) is 0.952. The van der Waals surface area contributed by atoms with Crippen LogP contribution in [0.15, 0.2) is 24.3 Å². The Morgan fingerprint density at radius 2 is 1.95 bits per heavy atom. The second-order valence-electron chi connectivity index (χ2n) is 3.14. The van der Waals surface area contributed by atoms with E-state index < -0.39 is 15.3 Å². The second-order valence-corrected chi connectivity index (χ2v) is 4.33. The quantitative estimate of drug-likeness (QED) is 0.245.